The molecule has 3 nitrogen and oxygen atoms in total. The summed E-state index contributed by atoms with van der Waals surface area (Å²) in [6.07, 6.45) is 2.24. The van der Waals surface area contributed by atoms with Gasteiger partial charge in [-0.15, -0.1) is 0 Å². The predicted molar refractivity (Wildman–Crippen MR) is 81.4 cm³/mol. The highest BCUT2D eigenvalue weighted by atomic mass is 79.9. The van der Waals surface area contributed by atoms with E-state index in [0.717, 1.165) is 19.5 Å². The molecule has 124 valence electrons. The summed E-state index contributed by atoms with van der Waals surface area (Å²) < 4.78 is 37.8. The van der Waals surface area contributed by atoms with Crippen LogP contribution in [0, 0.1) is 11.8 Å². The molecule has 2 fully saturated rings. The molecule has 7 heteroatoms. The molecule has 4 unspecified atom stereocenters. The average Bonchev–Trinajstić information content (AvgIpc) is 3.28. The van der Waals surface area contributed by atoms with Crippen LogP contribution in [-0.2, 0) is 0 Å². The van der Waals surface area contributed by atoms with E-state index in [2.05, 4.69) is 39.1 Å². The fourth-order valence-electron chi connectivity index (χ4n) is 3.25. The van der Waals surface area contributed by atoms with E-state index in [9.17, 15) is 18.3 Å². The summed E-state index contributed by atoms with van der Waals surface area (Å²) in [7, 11) is 0. The van der Waals surface area contributed by atoms with Crippen LogP contribution in [0.15, 0.2) is 23.9 Å². The van der Waals surface area contributed by atoms with Crippen LogP contribution in [-0.4, -0.2) is 58.3 Å². The lowest BCUT2D eigenvalue weighted by Gasteiger charge is -2.39. The van der Waals surface area contributed by atoms with E-state index in [1.54, 1.807) is 4.90 Å². The number of hydrogen-bond acceptors (Lipinski definition) is 3. The van der Waals surface area contributed by atoms with Crippen LogP contribution < -0.4 is 0 Å². The SMILES string of the molecule is OC(C1CC1C(F)(F)F)N1CCN(C2=CCC(Br)C=C2)CC1. The summed E-state index contributed by atoms with van der Waals surface area (Å²) in [5.74, 6) is -1.96. The zero-order valence-electron chi connectivity index (χ0n) is 12.1. The molecule has 0 amide bonds. The van der Waals surface area contributed by atoms with Crippen LogP contribution in [0.3, 0.4) is 0 Å². The number of allylic oxidation sites excluding steroid dienone is 3. The molecule has 2 aliphatic carbocycles. The van der Waals surface area contributed by atoms with Crippen molar-refractivity contribution in [1.82, 2.24) is 9.80 Å². The standard InChI is InChI=1S/C15H20BrF3N2O/c16-10-1-3-11(4-2-10)20-5-7-21(8-6-20)14(22)12-9-13(12)15(17,18)19/h1,3-4,10,12-14,22H,2,5-9H2. The fourth-order valence-corrected chi connectivity index (χ4v) is 3.59. The quantitative estimate of drug-likeness (QED) is 0.762. The number of alkyl halides is 4. The van der Waals surface area contributed by atoms with Crippen molar-refractivity contribution in [1.29, 1.82) is 0 Å². The van der Waals surface area contributed by atoms with Crippen molar-refractivity contribution in [2.75, 3.05) is 26.2 Å². The van der Waals surface area contributed by atoms with E-state index in [1.807, 2.05) is 0 Å². The highest BCUT2D eigenvalue weighted by Crippen LogP contribution is 2.52. The minimum absolute atomic E-state index is 0.0609. The van der Waals surface area contributed by atoms with Crippen molar-refractivity contribution in [3.63, 3.8) is 0 Å². The van der Waals surface area contributed by atoms with Gasteiger partial charge >= 0.3 is 6.18 Å². The first-order chi connectivity index (χ1) is 10.4. The van der Waals surface area contributed by atoms with Gasteiger partial charge in [0.25, 0.3) is 0 Å². The fraction of sp³-hybridized carbons (Fsp3) is 0.733. The summed E-state index contributed by atoms with van der Waals surface area (Å²) in [5.41, 5.74) is 1.17. The maximum Gasteiger partial charge on any atom is 0.392 e. The molecule has 1 N–H and O–H groups in total. The number of piperazine rings is 1. The normalized spacial score (nSPS) is 34.5. The zero-order chi connectivity index (χ0) is 15.9. The summed E-state index contributed by atoms with van der Waals surface area (Å²) in [6, 6.07) is 0. The van der Waals surface area contributed by atoms with Crippen LogP contribution in [0.5, 0.6) is 0 Å². The van der Waals surface area contributed by atoms with Crippen LogP contribution in [0.25, 0.3) is 0 Å². The van der Waals surface area contributed by atoms with E-state index in [0.29, 0.717) is 17.9 Å². The molecule has 4 atom stereocenters. The number of halogens is 4. The van der Waals surface area contributed by atoms with Crippen molar-refractivity contribution in [3.8, 4) is 0 Å². The Kier molecular flexibility index (Phi) is 4.58. The summed E-state index contributed by atoms with van der Waals surface area (Å²) in [5, 5.41) is 10.2. The van der Waals surface area contributed by atoms with Gasteiger partial charge in [0.1, 0.15) is 6.23 Å². The minimum atomic E-state index is -4.17. The van der Waals surface area contributed by atoms with Crippen molar-refractivity contribution in [2.45, 2.75) is 30.1 Å². The third-order valence-electron chi connectivity index (χ3n) is 4.72. The maximum atomic E-state index is 12.6. The van der Waals surface area contributed by atoms with Gasteiger partial charge in [-0.3, -0.25) is 4.90 Å². The first kappa shape index (κ1) is 16.3. The van der Waals surface area contributed by atoms with Crippen LogP contribution >= 0.6 is 15.9 Å². The number of rotatable bonds is 3. The van der Waals surface area contributed by atoms with E-state index in [1.165, 1.54) is 5.70 Å². The monoisotopic (exact) mass is 380 g/mol. The van der Waals surface area contributed by atoms with Gasteiger partial charge < -0.3 is 10.0 Å². The first-order valence-electron chi connectivity index (χ1n) is 7.62. The molecular formula is C15H20BrF3N2O. The molecule has 0 aromatic heterocycles. The number of aliphatic hydroxyl groups is 1. The van der Waals surface area contributed by atoms with E-state index < -0.39 is 24.2 Å². The van der Waals surface area contributed by atoms with Gasteiger partial charge in [-0.2, -0.15) is 13.2 Å². The second-order valence-corrected chi connectivity index (χ2v) is 7.40. The van der Waals surface area contributed by atoms with Crippen molar-refractivity contribution in [2.24, 2.45) is 11.8 Å². The molecule has 1 aliphatic heterocycles. The molecule has 1 saturated carbocycles. The van der Waals surface area contributed by atoms with E-state index in [4.69, 9.17) is 0 Å². The van der Waals surface area contributed by atoms with Gasteiger partial charge in [0.05, 0.1) is 5.92 Å². The van der Waals surface area contributed by atoms with Gasteiger partial charge in [-0.05, 0) is 18.9 Å². The Morgan fingerprint density at radius 2 is 1.91 bits per heavy atom. The smallest absolute Gasteiger partial charge is 0.378 e. The molecule has 0 radical (unpaired) electrons. The lowest BCUT2D eigenvalue weighted by Crippen LogP contribution is -2.50. The van der Waals surface area contributed by atoms with Crippen LogP contribution in [0.1, 0.15) is 12.8 Å². The van der Waals surface area contributed by atoms with Gasteiger partial charge in [0.15, 0.2) is 0 Å². The second kappa shape index (κ2) is 6.17. The zero-order valence-corrected chi connectivity index (χ0v) is 13.7. The van der Waals surface area contributed by atoms with Crippen molar-refractivity contribution < 1.29 is 18.3 Å². The van der Waals surface area contributed by atoms with Crippen molar-refractivity contribution >= 4 is 15.9 Å². The Labute approximate surface area is 136 Å². The van der Waals surface area contributed by atoms with Gasteiger partial charge in [0.2, 0.25) is 0 Å². The molecular weight excluding hydrogens is 361 g/mol. The van der Waals surface area contributed by atoms with E-state index >= 15 is 0 Å². The van der Waals surface area contributed by atoms with Crippen LogP contribution in [0.4, 0.5) is 13.2 Å². The predicted octanol–water partition coefficient (Wildman–Crippen LogP) is 2.73. The van der Waals surface area contributed by atoms with Crippen LogP contribution in [0.2, 0.25) is 0 Å². The van der Waals surface area contributed by atoms with Gasteiger partial charge in [-0.1, -0.05) is 28.1 Å². The summed E-state index contributed by atoms with van der Waals surface area (Å²) in [6.45, 7) is 2.68. The molecule has 0 aromatic carbocycles. The molecule has 1 saturated heterocycles. The number of hydrogen-bond donors (Lipinski definition) is 1. The third kappa shape index (κ3) is 3.51. The number of nitrogens with zero attached hydrogens (tertiary/aromatic N) is 2. The van der Waals surface area contributed by atoms with E-state index in [-0.39, 0.29) is 6.42 Å². The molecule has 1 heterocycles. The summed E-state index contributed by atoms with van der Waals surface area (Å²) in [4.78, 5) is 4.40. The second-order valence-electron chi connectivity index (χ2n) is 6.22. The molecule has 0 bridgehead atoms. The van der Waals surface area contributed by atoms with Crippen molar-refractivity contribution in [3.05, 3.63) is 23.9 Å². The van der Waals surface area contributed by atoms with Gasteiger partial charge in [-0.25, -0.2) is 0 Å². The highest BCUT2D eigenvalue weighted by Gasteiger charge is 2.59. The Morgan fingerprint density at radius 1 is 1.23 bits per heavy atom. The highest BCUT2D eigenvalue weighted by molar-refractivity contribution is 9.09. The Bertz CT molecular complexity index is 472. The lowest BCUT2D eigenvalue weighted by atomic mass is 10.1. The largest absolute Gasteiger partial charge is 0.392 e. The first-order valence-corrected chi connectivity index (χ1v) is 8.54. The maximum absolute atomic E-state index is 12.6. The minimum Gasteiger partial charge on any atom is -0.378 e. The lowest BCUT2D eigenvalue weighted by molar-refractivity contribution is -0.159. The molecule has 22 heavy (non-hydrogen) atoms. The molecule has 3 aliphatic rings. The molecule has 3 rings (SSSR count). The average molecular weight is 381 g/mol. The Morgan fingerprint density at radius 3 is 2.41 bits per heavy atom. The molecule has 0 spiro atoms. The Hall–Kier alpha value is -0.530. The Balaban J connectivity index is 1.49. The number of aliphatic hydroxyl groups excluding tert-OH is 1. The summed E-state index contributed by atoms with van der Waals surface area (Å²) >= 11 is 3.53. The molecule has 0 aromatic rings. The topological polar surface area (TPSA) is 26.7 Å². The van der Waals surface area contributed by atoms with Gasteiger partial charge in [0, 0.05) is 42.6 Å². The third-order valence-corrected chi connectivity index (χ3v) is 5.40.